The molecule has 4 N–H and O–H groups in total. The lowest BCUT2D eigenvalue weighted by molar-refractivity contribution is 0.273. The number of aliphatic hydroxyl groups excluding tert-OH is 1. The van der Waals surface area contributed by atoms with Gasteiger partial charge in [0.2, 0.25) is 5.95 Å². The van der Waals surface area contributed by atoms with Crippen LogP contribution in [0.4, 0.5) is 5.95 Å². The molecule has 3 aromatic heterocycles. The molecule has 0 aliphatic heterocycles. The number of hydrogen-bond acceptors (Lipinski definition) is 8. The SMILES string of the molecule is Cc1cc(=O)oc2cc(Sc3nc4c(=O)[nH]c(N)nc4n3CCO)ccc12. The van der Waals surface area contributed by atoms with Crippen molar-refractivity contribution in [3.05, 3.63) is 50.6 Å². The second-order valence-corrected chi connectivity index (χ2v) is 6.94. The number of aromatic nitrogens is 4. The number of nitrogens with zero attached hydrogens (tertiary/aromatic N) is 3. The third-order valence-electron chi connectivity index (χ3n) is 4.04. The van der Waals surface area contributed by atoms with Gasteiger partial charge in [0.05, 0.1) is 6.61 Å². The summed E-state index contributed by atoms with van der Waals surface area (Å²) in [5, 5.41) is 10.7. The molecule has 0 bridgehead atoms. The maximum Gasteiger partial charge on any atom is 0.336 e. The average Bonchev–Trinajstić information content (AvgIpc) is 2.93. The smallest absolute Gasteiger partial charge is 0.336 e. The van der Waals surface area contributed by atoms with Crippen molar-refractivity contribution in [2.45, 2.75) is 23.5 Å². The first-order chi connectivity index (χ1) is 13.0. The molecule has 3 heterocycles. The molecule has 0 saturated heterocycles. The highest BCUT2D eigenvalue weighted by Crippen LogP contribution is 2.31. The van der Waals surface area contributed by atoms with Crippen LogP contribution < -0.4 is 16.9 Å². The van der Waals surface area contributed by atoms with Gasteiger partial charge in [0.15, 0.2) is 16.3 Å². The largest absolute Gasteiger partial charge is 0.423 e. The molecule has 27 heavy (non-hydrogen) atoms. The molecule has 138 valence electrons. The molecule has 4 rings (SSSR count). The van der Waals surface area contributed by atoms with Crippen LogP contribution in [0.15, 0.2) is 48.3 Å². The summed E-state index contributed by atoms with van der Waals surface area (Å²) in [7, 11) is 0. The summed E-state index contributed by atoms with van der Waals surface area (Å²) in [6, 6.07) is 6.91. The topological polar surface area (TPSA) is 140 Å². The number of nitrogens with one attached hydrogen (secondary N) is 1. The van der Waals surface area contributed by atoms with Crippen molar-refractivity contribution in [1.82, 2.24) is 19.5 Å². The van der Waals surface area contributed by atoms with Crippen molar-refractivity contribution in [3.8, 4) is 0 Å². The molecule has 0 amide bonds. The predicted octanol–water partition coefficient (Wildman–Crippen LogP) is 1.26. The molecule has 0 saturated carbocycles. The van der Waals surface area contributed by atoms with E-state index < -0.39 is 11.2 Å². The van der Waals surface area contributed by atoms with Gasteiger partial charge in [-0.25, -0.2) is 9.78 Å². The Kier molecular flexibility index (Phi) is 4.21. The number of aromatic amines is 1. The normalized spacial score (nSPS) is 11.5. The second-order valence-electron chi connectivity index (χ2n) is 5.90. The van der Waals surface area contributed by atoms with E-state index in [1.807, 2.05) is 19.1 Å². The van der Waals surface area contributed by atoms with Crippen molar-refractivity contribution in [2.75, 3.05) is 12.3 Å². The Bertz CT molecular complexity index is 1290. The van der Waals surface area contributed by atoms with Gasteiger partial charge in [-0.2, -0.15) is 4.98 Å². The van der Waals surface area contributed by atoms with E-state index in [0.717, 1.165) is 15.8 Å². The molecular weight excluding hydrogens is 370 g/mol. The molecule has 0 aliphatic rings. The number of H-pyrrole nitrogens is 1. The Labute approximate surface area is 155 Å². The Morgan fingerprint density at radius 3 is 2.89 bits per heavy atom. The molecule has 10 heteroatoms. The molecule has 0 unspecified atom stereocenters. The summed E-state index contributed by atoms with van der Waals surface area (Å²) in [5.74, 6) is -0.0221. The van der Waals surface area contributed by atoms with Crippen molar-refractivity contribution in [3.63, 3.8) is 0 Å². The van der Waals surface area contributed by atoms with Gasteiger partial charge in [0.25, 0.3) is 5.56 Å². The highest BCUT2D eigenvalue weighted by Gasteiger charge is 2.17. The number of nitrogens with two attached hydrogens (primary N) is 1. The minimum Gasteiger partial charge on any atom is -0.423 e. The van der Waals surface area contributed by atoms with Crippen LogP contribution >= 0.6 is 11.8 Å². The van der Waals surface area contributed by atoms with E-state index in [2.05, 4.69) is 15.0 Å². The van der Waals surface area contributed by atoms with Crippen molar-refractivity contribution >= 4 is 39.8 Å². The zero-order chi connectivity index (χ0) is 19.1. The fraction of sp³-hybridized carbons (Fsp3) is 0.176. The maximum atomic E-state index is 12.1. The number of rotatable bonds is 4. The lowest BCUT2D eigenvalue weighted by atomic mass is 10.1. The molecule has 0 aliphatic carbocycles. The van der Waals surface area contributed by atoms with Crippen molar-refractivity contribution < 1.29 is 9.52 Å². The summed E-state index contributed by atoms with van der Waals surface area (Å²) in [6.45, 7) is 1.89. The Balaban J connectivity index is 1.84. The van der Waals surface area contributed by atoms with Gasteiger partial charge in [0.1, 0.15) is 5.58 Å². The average molecular weight is 385 g/mol. The highest BCUT2D eigenvalue weighted by molar-refractivity contribution is 7.99. The number of nitrogen functional groups attached to an aromatic ring is 1. The van der Waals surface area contributed by atoms with Gasteiger partial charge >= 0.3 is 5.63 Å². The van der Waals surface area contributed by atoms with Crippen LogP contribution in [-0.4, -0.2) is 31.2 Å². The second kappa shape index (κ2) is 6.56. The monoisotopic (exact) mass is 385 g/mol. The van der Waals surface area contributed by atoms with Crippen LogP contribution in [0.25, 0.3) is 22.1 Å². The fourth-order valence-corrected chi connectivity index (χ4v) is 3.80. The number of benzene rings is 1. The van der Waals surface area contributed by atoms with E-state index in [1.165, 1.54) is 17.8 Å². The first-order valence-corrected chi connectivity index (χ1v) is 8.87. The molecule has 0 atom stereocenters. The van der Waals surface area contributed by atoms with Crippen LogP contribution in [0.2, 0.25) is 0 Å². The quantitative estimate of drug-likeness (QED) is 0.446. The molecule has 0 radical (unpaired) electrons. The molecule has 1 aromatic carbocycles. The van der Waals surface area contributed by atoms with E-state index in [0.29, 0.717) is 16.4 Å². The third kappa shape index (κ3) is 3.09. The van der Waals surface area contributed by atoms with Crippen LogP contribution in [0, 0.1) is 6.92 Å². The lowest BCUT2D eigenvalue weighted by Crippen LogP contribution is -2.12. The molecule has 9 nitrogen and oxygen atoms in total. The number of aliphatic hydroxyl groups is 1. The number of fused-ring (bicyclic) bond motifs is 2. The summed E-state index contributed by atoms with van der Waals surface area (Å²) in [5.41, 5.74) is 6.50. The van der Waals surface area contributed by atoms with Gasteiger partial charge in [-0.05, 0) is 30.7 Å². The minimum atomic E-state index is -0.448. The lowest BCUT2D eigenvalue weighted by Gasteiger charge is -2.07. The predicted molar refractivity (Wildman–Crippen MR) is 101 cm³/mol. The summed E-state index contributed by atoms with van der Waals surface area (Å²) >= 11 is 1.27. The Morgan fingerprint density at radius 1 is 1.30 bits per heavy atom. The van der Waals surface area contributed by atoms with Crippen molar-refractivity contribution in [1.29, 1.82) is 0 Å². The summed E-state index contributed by atoms with van der Waals surface area (Å²) in [4.78, 5) is 35.4. The number of anilines is 1. The third-order valence-corrected chi connectivity index (χ3v) is 5.03. The van der Waals surface area contributed by atoms with Crippen LogP contribution in [-0.2, 0) is 6.54 Å². The molecule has 4 aromatic rings. The number of hydrogen-bond donors (Lipinski definition) is 3. The maximum absolute atomic E-state index is 12.1. The Hall–Kier alpha value is -3.11. The minimum absolute atomic E-state index is 0.0221. The Morgan fingerprint density at radius 2 is 2.11 bits per heavy atom. The van der Waals surface area contributed by atoms with Crippen molar-refractivity contribution in [2.24, 2.45) is 0 Å². The van der Waals surface area contributed by atoms with E-state index >= 15 is 0 Å². The van der Waals surface area contributed by atoms with Crippen LogP contribution in [0.3, 0.4) is 0 Å². The number of imidazole rings is 1. The molecular formula is C17H15N5O4S. The zero-order valence-corrected chi connectivity index (χ0v) is 15.0. The van der Waals surface area contributed by atoms with Gasteiger partial charge < -0.3 is 19.8 Å². The van der Waals surface area contributed by atoms with E-state index in [9.17, 15) is 14.7 Å². The van der Waals surface area contributed by atoms with E-state index in [4.69, 9.17) is 10.2 Å². The first-order valence-electron chi connectivity index (χ1n) is 8.05. The van der Waals surface area contributed by atoms with Crippen LogP contribution in [0.5, 0.6) is 0 Å². The highest BCUT2D eigenvalue weighted by atomic mass is 32.2. The zero-order valence-electron chi connectivity index (χ0n) is 14.2. The van der Waals surface area contributed by atoms with E-state index in [-0.39, 0.29) is 24.6 Å². The molecule has 0 fully saturated rings. The van der Waals surface area contributed by atoms with Crippen LogP contribution in [0.1, 0.15) is 5.56 Å². The standard InChI is InChI=1S/C17H15N5O4S/c1-8-6-12(24)26-11-7-9(2-3-10(8)11)27-17-19-13-14(22(17)4-5-23)20-16(18)21-15(13)25/h2-3,6-7,23H,4-5H2,1H3,(H3,18,20,21,25). The van der Waals surface area contributed by atoms with Gasteiger partial charge in [-0.15, -0.1) is 0 Å². The summed E-state index contributed by atoms with van der Waals surface area (Å²) < 4.78 is 6.90. The fourth-order valence-electron chi connectivity index (χ4n) is 2.86. The number of aryl methyl sites for hydroxylation is 1. The first kappa shape index (κ1) is 17.3. The van der Waals surface area contributed by atoms with E-state index in [1.54, 1.807) is 10.6 Å². The molecule has 0 spiro atoms. The van der Waals surface area contributed by atoms with Gasteiger partial charge in [-0.3, -0.25) is 9.78 Å². The van der Waals surface area contributed by atoms with Gasteiger partial charge in [-0.1, -0.05) is 11.8 Å². The summed E-state index contributed by atoms with van der Waals surface area (Å²) in [6.07, 6.45) is 0. The van der Waals surface area contributed by atoms with Gasteiger partial charge in [0, 0.05) is 22.9 Å².